The van der Waals surface area contributed by atoms with Gasteiger partial charge in [-0.2, -0.15) is 12.7 Å². The molecule has 0 unspecified atom stereocenters. The van der Waals surface area contributed by atoms with Gasteiger partial charge in [0.2, 0.25) is 11.8 Å². The van der Waals surface area contributed by atoms with E-state index in [1.807, 2.05) is 84.0 Å². The predicted octanol–water partition coefficient (Wildman–Crippen LogP) is 3.68. The summed E-state index contributed by atoms with van der Waals surface area (Å²) in [6.07, 6.45) is 0.933. The van der Waals surface area contributed by atoms with E-state index in [0.717, 1.165) is 25.3 Å². The summed E-state index contributed by atoms with van der Waals surface area (Å²) in [7, 11) is -1.11. The maximum Gasteiger partial charge on any atom is 0.304 e. The van der Waals surface area contributed by atoms with E-state index in [-0.39, 0.29) is 12.5 Å². The maximum atomic E-state index is 13.9. The van der Waals surface area contributed by atoms with Crippen LogP contribution in [0.15, 0.2) is 48.5 Å². The quantitative estimate of drug-likeness (QED) is 0.480. The Balaban J connectivity index is 2.50. The van der Waals surface area contributed by atoms with Crippen LogP contribution in [0.3, 0.4) is 0 Å². The summed E-state index contributed by atoms with van der Waals surface area (Å²) in [5.74, 6) is -0.691. The monoisotopic (exact) mass is 530 g/mol. The third-order valence-corrected chi connectivity index (χ3v) is 7.83. The molecule has 2 rings (SSSR count). The van der Waals surface area contributed by atoms with Gasteiger partial charge in [0.1, 0.15) is 12.6 Å². The van der Waals surface area contributed by atoms with Gasteiger partial charge < -0.3 is 10.2 Å². The largest absolute Gasteiger partial charge is 0.350 e. The molecule has 8 nitrogen and oxygen atoms in total. The molecule has 0 spiro atoms. The standard InChI is InChI=1S/C28H42N4O4S/c1-9-24(27(34)29-28(4,5)6)31(18-17-23-13-11-10-12-14-23)26(33)20-32(37(35,36)30(7)8)25-19-21(2)15-16-22(25)3/h10-16,19,24H,9,17-18,20H2,1-8H3,(H,29,34)/t24-/m1/s1. The fourth-order valence-electron chi connectivity index (χ4n) is 4.04. The second-order valence-electron chi connectivity index (χ2n) is 10.6. The van der Waals surface area contributed by atoms with Crippen LogP contribution in [0.5, 0.6) is 0 Å². The molecule has 1 atom stereocenters. The van der Waals surface area contributed by atoms with Crippen LogP contribution in [0.2, 0.25) is 0 Å². The number of amides is 2. The third-order valence-electron chi connectivity index (χ3n) is 6.02. The molecule has 0 aliphatic carbocycles. The summed E-state index contributed by atoms with van der Waals surface area (Å²) in [5.41, 5.74) is 2.61. The number of carbonyl (C=O) groups is 2. The van der Waals surface area contributed by atoms with Crippen LogP contribution in [0, 0.1) is 13.8 Å². The highest BCUT2D eigenvalue weighted by atomic mass is 32.2. The number of nitrogens with zero attached hydrogens (tertiary/aromatic N) is 3. The molecular weight excluding hydrogens is 488 g/mol. The minimum atomic E-state index is -3.99. The molecule has 9 heteroatoms. The van der Waals surface area contributed by atoms with Crippen molar-refractivity contribution < 1.29 is 18.0 Å². The van der Waals surface area contributed by atoms with Crippen molar-refractivity contribution in [3.8, 4) is 0 Å². The van der Waals surface area contributed by atoms with Gasteiger partial charge in [-0.15, -0.1) is 0 Å². The summed E-state index contributed by atoms with van der Waals surface area (Å²) in [5, 5.41) is 2.98. The van der Waals surface area contributed by atoms with Gasteiger partial charge in [-0.25, -0.2) is 4.31 Å². The van der Waals surface area contributed by atoms with Gasteiger partial charge in [-0.3, -0.25) is 9.59 Å². The minimum absolute atomic E-state index is 0.259. The molecule has 2 aromatic rings. The van der Waals surface area contributed by atoms with Crippen LogP contribution in [0.25, 0.3) is 0 Å². The number of anilines is 1. The van der Waals surface area contributed by atoms with Gasteiger partial charge in [0.25, 0.3) is 0 Å². The molecule has 0 saturated carbocycles. The maximum absolute atomic E-state index is 13.9. The lowest BCUT2D eigenvalue weighted by Gasteiger charge is -2.35. The van der Waals surface area contributed by atoms with Crippen molar-refractivity contribution in [1.82, 2.24) is 14.5 Å². The Kier molecular flexibility index (Phi) is 10.3. The molecule has 0 aliphatic heterocycles. The van der Waals surface area contributed by atoms with E-state index < -0.39 is 34.2 Å². The molecule has 2 aromatic carbocycles. The normalized spacial score (nSPS) is 12.8. The van der Waals surface area contributed by atoms with Crippen LogP contribution in [-0.2, 0) is 26.2 Å². The first-order chi connectivity index (χ1) is 17.2. The molecule has 37 heavy (non-hydrogen) atoms. The van der Waals surface area contributed by atoms with Gasteiger partial charge in [0.05, 0.1) is 5.69 Å². The molecule has 0 fully saturated rings. The van der Waals surface area contributed by atoms with Crippen molar-refractivity contribution in [2.45, 2.75) is 66.0 Å². The first-order valence-corrected chi connectivity index (χ1v) is 14.0. The van der Waals surface area contributed by atoms with Crippen molar-refractivity contribution in [2.24, 2.45) is 0 Å². The number of rotatable bonds is 11. The van der Waals surface area contributed by atoms with Crippen LogP contribution in [-0.4, -0.2) is 68.2 Å². The zero-order valence-corrected chi connectivity index (χ0v) is 24.2. The fourth-order valence-corrected chi connectivity index (χ4v) is 5.15. The van der Waals surface area contributed by atoms with Gasteiger partial charge in [-0.05, 0) is 70.2 Å². The lowest BCUT2D eigenvalue weighted by molar-refractivity contribution is -0.140. The molecule has 0 heterocycles. The number of hydrogen-bond donors (Lipinski definition) is 1. The first-order valence-electron chi connectivity index (χ1n) is 12.6. The second-order valence-corrected chi connectivity index (χ2v) is 12.6. The average Bonchev–Trinajstić information content (AvgIpc) is 2.81. The van der Waals surface area contributed by atoms with Crippen LogP contribution >= 0.6 is 0 Å². The Morgan fingerprint density at radius 3 is 2.16 bits per heavy atom. The van der Waals surface area contributed by atoms with Crippen molar-refractivity contribution in [3.05, 3.63) is 65.2 Å². The average molecular weight is 531 g/mol. The Morgan fingerprint density at radius 2 is 1.62 bits per heavy atom. The number of benzene rings is 2. The molecule has 0 aromatic heterocycles. The van der Waals surface area contributed by atoms with Gasteiger partial charge in [0, 0.05) is 26.2 Å². The number of aryl methyl sites for hydroxylation is 2. The summed E-state index contributed by atoms with van der Waals surface area (Å²) in [4.78, 5) is 28.7. The van der Waals surface area contributed by atoms with Crippen LogP contribution < -0.4 is 9.62 Å². The molecule has 2 amide bonds. The predicted molar refractivity (Wildman–Crippen MR) is 150 cm³/mol. The lowest BCUT2D eigenvalue weighted by atomic mass is 10.1. The Bertz CT molecular complexity index is 1170. The summed E-state index contributed by atoms with van der Waals surface area (Å²) in [6.45, 7) is 11.1. The SMILES string of the molecule is CC[C@H](C(=O)NC(C)(C)C)N(CCc1ccccc1)C(=O)CN(c1cc(C)ccc1C)S(=O)(=O)N(C)C. The summed E-state index contributed by atoms with van der Waals surface area (Å²) < 4.78 is 29.0. The Labute approximate surface area is 222 Å². The molecule has 0 aliphatic rings. The Hall–Kier alpha value is -2.91. The van der Waals surface area contributed by atoms with E-state index in [1.165, 1.54) is 19.0 Å². The van der Waals surface area contributed by atoms with E-state index in [4.69, 9.17) is 0 Å². The molecule has 204 valence electrons. The van der Waals surface area contributed by atoms with Gasteiger partial charge in [-0.1, -0.05) is 49.4 Å². The minimum Gasteiger partial charge on any atom is -0.350 e. The molecule has 0 saturated heterocycles. The highest BCUT2D eigenvalue weighted by molar-refractivity contribution is 7.90. The van der Waals surface area contributed by atoms with Crippen molar-refractivity contribution in [3.63, 3.8) is 0 Å². The number of hydrogen-bond acceptors (Lipinski definition) is 4. The number of nitrogens with one attached hydrogen (secondary N) is 1. The fraction of sp³-hybridized carbons (Fsp3) is 0.500. The van der Waals surface area contributed by atoms with Crippen molar-refractivity contribution in [2.75, 3.05) is 31.5 Å². The van der Waals surface area contributed by atoms with Crippen molar-refractivity contribution in [1.29, 1.82) is 0 Å². The van der Waals surface area contributed by atoms with Crippen LogP contribution in [0.1, 0.15) is 50.8 Å². The van der Waals surface area contributed by atoms with E-state index in [9.17, 15) is 18.0 Å². The topological polar surface area (TPSA) is 90.0 Å². The highest BCUT2D eigenvalue weighted by Gasteiger charge is 2.34. The Morgan fingerprint density at radius 1 is 1.00 bits per heavy atom. The van der Waals surface area contributed by atoms with Gasteiger partial charge >= 0.3 is 10.2 Å². The highest BCUT2D eigenvalue weighted by Crippen LogP contribution is 2.26. The molecule has 0 radical (unpaired) electrons. The zero-order chi connectivity index (χ0) is 28.0. The van der Waals surface area contributed by atoms with Crippen molar-refractivity contribution >= 4 is 27.7 Å². The smallest absolute Gasteiger partial charge is 0.304 e. The third kappa shape index (κ3) is 8.30. The van der Waals surface area contributed by atoms with E-state index in [0.29, 0.717) is 18.5 Å². The van der Waals surface area contributed by atoms with E-state index in [1.54, 1.807) is 6.07 Å². The molecule has 0 bridgehead atoms. The van der Waals surface area contributed by atoms with Gasteiger partial charge in [0.15, 0.2) is 0 Å². The van der Waals surface area contributed by atoms with E-state index in [2.05, 4.69) is 5.32 Å². The van der Waals surface area contributed by atoms with Crippen LogP contribution in [0.4, 0.5) is 5.69 Å². The van der Waals surface area contributed by atoms with E-state index >= 15 is 0 Å². The lowest BCUT2D eigenvalue weighted by Crippen LogP contribution is -2.56. The molecular formula is C28H42N4O4S. The summed E-state index contributed by atoms with van der Waals surface area (Å²) >= 11 is 0. The zero-order valence-electron chi connectivity index (χ0n) is 23.4. The second kappa shape index (κ2) is 12.6. The summed E-state index contributed by atoms with van der Waals surface area (Å²) in [6, 6.07) is 14.5. The first kappa shape index (κ1) is 30.3. The molecule has 1 N–H and O–H groups in total. The number of carbonyl (C=O) groups excluding carboxylic acids is 2.